The number of nitrogens with one attached hydrogen (secondary N) is 1. The molecule has 0 fully saturated rings. The van der Waals surface area contributed by atoms with Gasteiger partial charge in [0.1, 0.15) is 18.9 Å². The summed E-state index contributed by atoms with van der Waals surface area (Å²) >= 11 is 0. The zero-order valence-corrected chi connectivity index (χ0v) is 18.9. The van der Waals surface area contributed by atoms with Crippen LogP contribution in [0.3, 0.4) is 0 Å². The van der Waals surface area contributed by atoms with E-state index in [0.29, 0.717) is 23.7 Å². The summed E-state index contributed by atoms with van der Waals surface area (Å²) in [4.78, 5) is 13.0. The largest absolute Gasteiger partial charge is 0.490 e. The Morgan fingerprint density at radius 3 is 2.22 bits per heavy atom. The van der Waals surface area contributed by atoms with E-state index in [1.807, 2.05) is 19.9 Å². The van der Waals surface area contributed by atoms with Gasteiger partial charge in [0.15, 0.2) is 0 Å². The summed E-state index contributed by atoms with van der Waals surface area (Å²) in [5.74, 6) is 0.190. The van der Waals surface area contributed by atoms with Crippen LogP contribution in [-0.4, -0.2) is 27.5 Å². The summed E-state index contributed by atoms with van der Waals surface area (Å²) in [7, 11) is -3.95. The Labute approximate surface area is 189 Å². The van der Waals surface area contributed by atoms with Crippen molar-refractivity contribution in [2.45, 2.75) is 18.7 Å². The molecule has 0 radical (unpaired) electrons. The Bertz CT molecular complexity index is 1170. The van der Waals surface area contributed by atoms with Gasteiger partial charge in [-0.3, -0.25) is 9.10 Å². The molecule has 3 aromatic carbocycles. The molecule has 0 bridgehead atoms. The molecule has 3 rings (SSSR count). The number of ether oxygens (including phenoxy) is 1. The van der Waals surface area contributed by atoms with Crippen LogP contribution in [0, 0.1) is 13.8 Å². The monoisotopic (exact) mass is 450 g/mol. The van der Waals surface area contributed by atoms with Crippen LogP contribution in [0.2, 0.25) is 0 Å². The molecule has 7 heteroatoms. The molecule has 0 aromatic heterocycles. The Morgan fingerprint density at radius 1 is 1.00 bits per heavy atom. The third-order valence-electron chi connectivity index (χ3n) is 4.62. The zero-order valence-electron chi connectivity index (χ0n) is 18.1. The van der Waals surface area contributed by atoms with Crippen molar-refractivity contribution in [3.8, 4) is 5.75 Å². The smallest absolute Gasteiger partial charge is 0.264 e. The van der Waals surface area contributed by atoms with E-state index >= 15 is 0 Å². The Morgan fingerprint density at radius 2 is 1.62 bits per heavy atom. The van der Waals surface area contributed by atoms with Crippen LogP contribution in [0.5, 0.6) is 5.75 Å². The van der Waals surface area contributed by atoms with Crippen molar-refractivity contribution in [3.05, 3.63) is 96.6 Å². The van der Waals surface area contributed by atoms with Gasteiger partial charge < -0.3 is 10.1 Å². The molecule has 0 aliphatic rings. The Kier molecular flexibility index (Phi) is 7.33. The molecule has 0 aliphatic heterocycles. The lowest BCUT2D eigenvalue weighted by Crippen LogP contribution is -2.38. The average Bonchev–Trinajstić information content (AvgIpc) is 2.77. The molecule has 6 nitrogen and oxygen atoms in total. The minimum absolute atomic E-state index is 0.121. The van der Waals surface area contributed by atoms with E-state index in [1.165, 1.54) is 12.1 Å². The van der Waals surface area contributed by atoms with Gasteiger partial charge >= 0.3 is 0 Å². The fourth-order valence-electron chi connectivity index (χ4n) is 3.25. The molecule has 0 atom stereocenters. The summed E-state index contributed by atoms with van der Waals surface area (Å²) in [5, 5.41) is 2.76. The summed E-state index contributed by atoms with van der Waals surface area (Å²) < 4.78 is 33.4. The standard InChI is InChI=1S/C25H26N2O4S/c1-4-14-31-23-12-10-21(11-13-23)26-25(28)18-27(22-16-19(2)15-20(3)17-22)32(29,30)24-8-6-5-7-9-24/h4-13,15-17H,1,14,18H2,2-3H3,(H,26,28). The maximum Gasteiger partial charge on any atom is 0.264 e. The van der Waals surface area contributed by atoms with E-state index in [9.17, 15) is 13.2 Å². The van der Waals surface area contributed by atoms with Crippen molar-refractivity contribution in [3.63, 3.8) is 0 Å². The number of nitrogens with zero attached hydrogens (tertiary/aromatic N) is 1. The maximum absolute atomic E-state index is 13.4. The molecule has 0 aliphatic carbocycles. The van der Waals surface area contributed by atoms with E-state index < -0.39 is 15.9 Å². The van der Waals surface area contributed by atoms with E-state index in [0.717, 1.165) is 15.4 Å². The van der Waals surface area contributed by atoms with Gasteiger partial charge in [0.05, 0.1) is 10.6 Å². The van der Waals surface area contributed by atoms with Crippen LogP contribution in [0.4, 0.5) is 11.4 Å². The second kappa shape index (κ2) is 10.2. The van der Waals surface area contributed by atoms with Gasteiger partial charge in [-0.25, -0.2) is 8.42 Å². The lowest BCUT2D eigenvalue weighted by molar-refractivity contribution is -0.114. The maximum atomic E-state index is 13.4. The lowest BCUT2D eigenvalue weighted by Gasteiger charge is -2.25. The van der Waals surface area contributed by atoms with Crippen LogP contribution in [0.15, 0.2) is 90.3 Å². The normalized spacial score (nSPS) is 10.9. The topological polar surface area (TPSA) is 75.7 Å². The number of aryl methyl sites for hydroxylation is 2. The highest BCUT2D eigenvalue weighted by atomic mass is 32.2. The van der Waals surface area contributed by atoms with E-state index in [2.05, 4.69) is 11.9 Å². The number of hydrogen-bond acceptors (Lipinski definition) is 4. The number of amides is 1. The van der Waals surface area contributed by atoms with Crippen molar-refractivity contribution in [2.75, 3.05) is 22.8 Å². The van der Waals surface area contributed by atoms with Crippen LogP contribution >= 0.6 is 0 Å². The minimum atomic E-state index is -3.95. The van der Waals surface area contributed by atoms with Crippen molar-refractivity contribution >= 4 is 27.3 Å². The Balaban J connectivity index is 1.87. The SMILES string of the molecule is C=CCOc1ccc(NC(=O)CN(c2cc(C)cc(C)c2)S(=O)(=O)c2ccccc2)cc1. The van der Waals surface area contributed by atoms with Crippen LogP contribution in [0.1, 0.15) is 11.1 Å². The number of anilines is 2. The third kappa shape index (κ3) is 5.76. The molecular formula is C25H26N2O4S. The average molecular weight is 451 g/mol. The molecule has 0 saturated carbocycles. The quantitative estimate of drug-likeness (QED) is 0.480. The number of carbonyl (C=O) groups excluding carboxylic acids is 1. The molecule has 1 N–H and O–H groups in total. The molecule has 32 heavy (non-hydrogen) atoms. The molecule has 0 spiro atoms. The predicted molar refractivity (Wildman–Crippen MR) is 128 cm³/mol. The number of rotatable bonds is 9. The summed E-state index contributed by atoms with van der Waals surface area (Å²) in [6.07, 6.45) is 1.64. The van der Waals surface area contributed by atoms with E-state index in [1.54, 1.807) is 60.7 Å². The first-order chi connectivity index (χ1) is 15.3. The minimum Gasteiger partial charge on any atom is -0.490 e. The third-order valence-corrected chi connectivity index (χ3v) is 6.41. The van der Waals surface area contributed by atoms with Gasteiger partial charge in [0.25, 0.3) is 10.0 Å². The highest BCUT2D eigenvalue weighted by Gasteiger charge is 2.27. The lowest BCUT2D eigenvalue weighted by atomic mass is 10.1. The summed E-state index contributed by atoms with van der Waals surface area (Å²) in [5.41, 5.74) is 2.79. The molecule has 0 unspecified atom stereocenters. The first kappa shape index (κ1) is 23.1. The van der Waals surface area contributed by atoms with E-state index in [-0.39, 0.29) is 11.4 Å². The first-order valence-corrected chi connectivity index (χ1v) is 11.5. The second-order valence-corrected chi connectivity index (χ2v) is 9.21. The highest BCUT2D eigenvalue weighted by molar-refractivity contribution is 7.92. The van der Waals surface area contributed by atoms with Gasteiger partial charge in [0, 0.05) is 5.69 Å². The second-order valence-electron chi connectivity index (χ2n) is 7.34. The molecule has 3 aromatic rings. The summed E-state index contributed by atoms with van der Waals surface area (Å²) in [6, 6.07) is 20.4. The van der Waals surface area contributed by atoms with Crippen molar-refractivity contribution in [1.82, 2.24) is 0 Å². The fourth-order valence-corrected chi connectivity index (χ4v) is 4.68. The number of carbonyl (C=O) groups is 1. The Hall–Kier alpha value is -3.58. The number of sulfonamides is 1. The van der Waals surface area contributed by atoms with Crippen molar-refractivity contribution in [1.29, 1.82) is 0 Å². The van der Waals surface area contributed by atoms with Crippen LogP contribution < -0.4 is 14.4 Å². The molecule has 166 valence electrons. The van der Waals surface area contributed by atoms with Crippen molar-refractivity contribution in [2.24, 2.45) is 0 Å². The van der Waals surface area contributed by atoms with E-state index in [4.69, 9.17) is 4.74 Å². The number of benzene rings is 3. The van der Waals surface area contributed by atoms with Gasteiger partial charge in [-0.1, -0.05) is 36.9 Å². The van der Waals surface area contributed by atoms with Gasteiger partial charge in [-0.05, 0) is 73.5 Å². The molecule has 0 heterocycles. The predicted octanol–water partition coefficient (Wildman–Crippen LogP) is 4.70. The zero-order chi connectivity index (χ0) is 23.1. The molecule has 1 amide bonds. The van der Waals surface area contributed by atoms with Gasteiger partial charge in [-0.15, -0.1) is 0 Å². The summed E-state index contributed by atoms with van der Waals surface area (Å²) in [6.45, 7) is 7.40. The van der Waals surface area contributed by atoms with Gasteiger partial charge in [0.2, 0.25) is 5.91 Å². The first-order valence-electron chi connectivity index (χ1n) is 10.1. The highest BCUT2D eigenvalue weighted by Crippen LogP contribution is 2.26. The number of hydrogen-bond donors (Lipinski definition) is 1. The van der Waals surface area contributed by atoms with Crippen LogP contribution in [-0.2, 0) is 14.8 Å². The molecule has 0 saturated heterocycles. The fraction of sp³-hybridized carbons (Fsp3) is 0.160. The van der Waals surface area contributed by atoms with Crippen molar-refractivity contribution < 1.29 is 17.9 Å². The van der Waals surface area contributed by atoms with Gasteiger partial charge in [-0.2, -0.15) is 0 Å². The molecular weight excluding hydrogens is 424 g/mol. The van der Waals surface area contributed by atoms with Crippen LogP contribution in [0.25, 0.3) is 0 Å².